The Bertz CT molecular complexity index is 321. The Morgan fingerprint density at radius 3 is 3.07 bits per heavy atom. The molecule has 1 nitrogen and oxygen atoms in total. The van der Waals surface area contributed by atoms with Crippen LogP contribution >= 0.6 is 11.8 Å². The number of thioether (sulfide) groups is 1. The first-order valence-electron chi connectivity index (χ1n) is 4.88. The van der Waals surface area contributed by atoms with E-state index in [1.54, 1.807) is 6.07 Å². The van der Waals surface area contributed by atoms with E-state index in [-0.39, 0.29) is 5.82 Å². The molecule has 1 aliphatic heterocycles. The highest BCUT2D eigenvalue weighted by Crippen LogP contribution is 2.28. The molecule has 0 amide bonds. The number of hydrogen-bond donors (Lipinski definition) is 1. The lowest BCUT2D eigenvalue weighted by molar-refractivity contribution is 0.589. The highest BCUT2D eigenvalue weighted by atomic mass is 32.2. The Morgan fingerprint density at radius 1 is 1.50 bits per heavy atom. The average molecular weight is 211 g/mol. The maximum Gasteiger partial charge on any atom is 0.146 e. The molecule has 0 saturated carbocycles. The molecule has 0 aliphatic carbocycles. The standard InChI is InChI=1S/C11H14FNS/c12-10-3-1-2-9(11(10)13)6-8-4-5-14-7-8/h1-3,8H,4-7,13H2. The van der Waals surface area contributed by atoms with Crippen LogP contribution in [0.4, 0.5) is 10.1 Å². The van der Waals surface area contributed by atoms with E-state index in [0.29, 0.717) is 11.6 Å². The molecule has 0 aromatic heterocycles. The molecule has 2 N–H and O–H groups in total. The molecule has 1 aromatic rings. The molecule has 1 unspecified atom stereocenters. The molecule has 3 heteroatoms. The molecule has 1 fully saturated rings. The van der Waals surface area contributed by atoms with E-state index in [1.165, 1.54) is 24.0 Å². The predicted octanol–water partition coefficient (Wildman–Crippen LogP) is 2.70. The molecule has 14 heavy (non-hydrogen) atoms. The summed E-state index contributed by atoms with van der Waals surface area (Å²) in [5.74, 6) is 2.83. The second-order valence-electron chi connectivity index (χ2n) is 3.75. The molecule has 1 atom stereocenters. The van der Waals surface area contributed by atoms with Crippen LogP contribution in [0.1, 0.15) is 12.0 Å². The molecule has 2 rings (SSSR count). The Balaban J connectivity index is 2.11. The van der Waals surface area contributed by atoms with Gasteiger partial charge in [-0.3, -0.25) is 0 Å². The smallest absolute Gasteiger partial charge is 0.146 e. The maximum atomic E-state index is 13.1. The van der Waals surface area contributed by atoms with E-state index in [2.05, 4.69) is 0 Å². The van der Waals surface area contributed by atoms with Crippen molar-refractivity contribution in [3.63, 3.8) is 0 Å². The van der Waals surface area contributed by atoms with Gasteiger partial charge < -0.3 is 5.73 Å². The van der Waals surface area contributed by atoms with Gasteiger partial charge in [0, 0.05) is 0 Å². The molecule has 1 saturated heterocycles. The van der Waals surface area contributed by atoms with Crippen LogP contribution in [0.2, 0.25) is 0 Å². The number of anilines is 1. The van der Waals surface area contributed by atoms with Crippen LogP contribution in [0, 0.1) is 11.7 Å². The van der Waals surface area contributed by atoms with E-state index < -0.39 is 0 Å². The summed E-state index contributed by atoms with van der Waals surface area (Å²) in [4.78, 5) is 0. The van der Waals surface area contributed by atoms with Gasteiger partial charge in [-0.25, -0.2) is 4.39 Å². The summed E-state index contributed by atoms with van der Waals surface area (Å²) in [5, 5.41) is 0. The highest BCUT2D eigenvalue weighted by Gasteiger charge is 2.17. The minimum atomic E-state index is -0.284. The lowest BCUT2D eigenvalue weighted by Gasteiger charge is -2.10. The first-order chi connectivity index (χ1) is 6.77. The average Bonchev–Trinajstić information content (AvgIpc) is 2.66. The Morgan fingerprint density at radius 2 is 2.36 bits per heavy atom. The second-order valence-corrected chi connectivity index (χ2v) is 4.90. The van der Waals surface area contributed by atoms with E-state index in [0.717, 1.165) is 12.0 Å². The molecule has 0 radical (unpaired) electrons. The summed E-state index contributed by atoms with van der Waals surface area (Å²) in [6.45, 7) is 0. The van der Waals surface area contributed by atoms with Crippen molar-refractivity contribution in [3.05, 3.63) is 29.6 Å². The molecule has 1 heterocycles. The summed E-state index contributed by atoms with van der Waals surface area (Å²) in [6, 6.07) is 5.09. The van der Waals surface area contributed by atoms with E-state index in [9.17, 15) is 4.39 Å². The third kappa shape index (κ3) is 2.03. The number of halogens is 1. The number of nitrogens with two attached hydrogens (primary N) is 1. The van der Waals surface area contributed by atoms with Gasteiger partial charge in [0.05, 0.1) is 5.69 Å². The lowest BCUT2D eigenvalue weighted by Crippen LogP contribution is -2.06. The van der Waals surface area contributed by atoms with Crippen LogP contribution in [0.3, 0.4) is 0 Å². The van der Waals surface area contributed by atoms with Crippen molar-refractivity contribution in [3.8, 4) is 0 Å². The summed E-state index contributed by atoms with van der Waals surface area (Å²) in [6.07, 6.45) is 2.16. The van der Waals surface area contributed by atoms with Crippen LogP contribution < -0.4 is 5.73 Å². The zero-order chi connectivity index (χ0) is 9.97. The normalized spacial score (nSPS) is 21.4. The van der Waals surface area contributed by atoms with Crippen LogP contribution in [0.15, 0.2) is 18.2 Å². The number of benzene rings is 1. The van der Waals surface area contributed by atoms with Gasteiger partial charge in [-0.1, -0.05) is 12.1 Å². The largest absolute Gasteiger partial charge is 0.396 e. The van der Waals surface area contributed by atoms with Gasteiger partial charge in [0.15, 0.2) is 0 Å². The molecule has 1 aliphatic rings. The summed E-state index contributed by atoms with van der Waals surface area (Å²) in [7, 11) is 0. The van der Waals surface area contributed by atoms with Crippen LogP contribution in [-0.4, -0.2) is 11.5 Å². The second kappa shape index (κ2) is 4.22. The predicted molar refractivity (Wildman–Crippen MR) is 59.9 cm³/mol. The van der Waals surface area contributed by atoms with Gasteiger partial charge in [-0.05, 0) is 41.9 Å². The van der Waals surface area contributed by atoms with E-state index in [1.807, 2.05) is 17.8 Å². The Labute approximate surface area is 87.9 Å². The quantitative estimate of drug-likeness (QED) is 0.761. The highest BCUT2D eigenvalue weighted by molar-refractivity contribution is 7.99. The number of rotatable bonds is 2. The van der Waals surface area contributed by atoms with Crippen molar-refractivity contribution in [2.45, 2.75) is 12.8 Å². The van der Waals surface area contributed by atoms with Crippen molar-refractivity contribution in [2.75, 3.05) is 17.2 Å². The van der Waals surface area contributed by atoms with Crippen molar-refractivity contribution in [2.24, 2.45) is 5.92 Å². The fraction of sp³-hybridized carbons (Fsp3) is 0.455. The Kier molecular flexibility index (Phi) is 2.96. The van der Waals surface area contributed by atoms with Crippen LogP contribution in [0.25, 0.3) is 0 Å². The van der Waals surface area contributed by atoms with Crippen molar-refractivity contribution >= 4 is 17.4 Å². The zero-order valence-corrected chi connectivity index (χ0v) is 8.82. The first-order valence-corrected chi connectivity index (χ1v) is 6.03. The minimum absolute atomic E-state index is 0.284. The molecule has 1 aromatic carbocycles. The van der Waals surface area contributed by atoms with Gasteiger partial charge in [0.25, 0.3) is 0 Å². The van der Waals surface area contributed by atoms with Crippen molar-refractivity contribution in [1.82, 2.24) is 0 Å². The van der Waals surface area contributed by atoms with Crippen LogP contribution in [-0.2, 0) is 6.42 Å². The van der Waals surface area contributed by atoms with E-state index in [4.69, 9.17) is 5.73 Å². The number of para-hydroxylation sites is 1. The fourth-order valence-electron chi connectivity index (χ4n) is 1.82. The van der Waals surface area contributed by atoms with E-state index >= 15 is 0 Å². The number of hydrogen-bond acceptors (Lipinski definition) is 2. The fourth-order valence-corrected chi connectivity index (χ4v) is 3.10. The molecular weight excluding hydrogens is 197 g/mol. The monoisotopic (exact) mass is 211 g/mol. The van der Waals surface area contributed by atoms with Gasteiger partial charge >= 0.3 is 0 Å². The third-order valence-electron chi connectivity index (χ3n) is 2.68. The van der Waals surface area contributed by atoms with Gasteiger partial charge in [-0.15, -0.1) is 0 Å². The first kappa shape index (κ1) is 9.84. The van der Waals surface area contributed by atoms with Gasteiger partial charge in [-0.2, -0.15) is 11.8 Å². The SMILES string of the molecule is Nc1c(F)cccc1CC1CCSC1. The summed E-state index contributed by atoms with van der Waals surface area (Å²) in [5.41, 5.74) is 6.99. The molecule has 0 bridgehead atoms. The lowest BCUT2D eigenvalue weighted by atomic mass is 9.98. The molecule has 0 spiro atoms. The van der Waals surface area contributed by atoms with Gasteiger partial charge in [0.2, 0.25) is 0 Å². The number of nitrogen functional groups attached to an aromatic ring is 1. The molecule has 76 valence electrons. The summed E-state index contributed by atoms with van der Waals surface area (Å²) >= 11 is 1.98. The van der Waals surface area contributed by atoms with Crippen LogP contribution in [0.5, 0.6) is 0 Å². The van der Waals surface area contributed by atoms with Gasteiger partial charge in [0.1, 0.15) is 5.82 Å². The Hall–Kier alpha value is -0.700. The van der Waals surface area contributed by atoms with Crippen molar-refractivity contribution < 1.29 is 4.39 Å². The zero-order valence-electron chi connectivity index (χ0n) is 8.00. The summed E-state index contributed by atoms with van der Waals surface area (Å²) < 4.78 is 13.1. The maximum absolute atomic E-state index is 13.1. The minimum Gasteiger partial charge on any atom is -0.396 e. The van der Waals surface area contributed by atoms with Crippen molar-refractivity contribution in [1.29, 1.82) is 0 Å². The molecular formula is C11H14FNS. The third-order valence-corrected chi connectivity index (χ3v) is 3.91. The topological polar surface area (TPSA) is 26.0 Å².